The van der Waals surface area contributed by atoms with E-state index in [1.54, 1.807) is 6.08 Å². The van der Waals surface area contributed by atoms with Gasteiger partial charge in [-0.25, -0.2) is 14.4 Å². The molecule has 13 nitrogen and oxygen atoms in total. The number of unbranched alkanes of at least 4 members (excludes halogenated alkanes) is 1. The van der Waals surface area contributed by atoms with Crippen LogP contribution in [0.5, 0.6) is 0 Å². The molecule has 2 amide bonds. The number of alkyl carbamates (subject to hydrolysis) is 1. The Kier molecular flexibility index (Phi) is 11.8. The maximum atomic E-state index is 12.4. The second kappa shape index (κ2) is 15.1. The minimum absolute atomic E-state index is 0.0139. The van der Waals surface area contributed by atoms with Gasteiger partial charge in [-0.05, 0) is 23.6 Å². The topological polar surface area (TPSA) is 166 Å². The van der Waals surface area contributed by atoms with E-state index >= 15 is 0 Å². The van der Waals surface area contributed by atoms with Gasteiger partial charge in [0.05, 0.1) is 32.4 Å². The SMILES string of the molecule is CCCCOC(=O)NC(CNC(=O)C[C@H]1C=C(c2ccc(CN=NOC(C)=O)cc2)NO1)C(=O)OC. The standard InChI is InChI=1S/C23H31N5O8/c1-4-5-10-34-23(32)26-20(22(31)33-3)14-24-21(30)12-18-11-19(27-36-18)17-8-6-16(7-9-17)13-25-28-35-15(2)29/h6-9,11,18,20,27H,4-5,10,12-14H2,1-3H3,(H,24,30)(H,26,32)/t18-,20?/m1/s1. The highest BCUT2D eigenvalue weighted by molar-refractivity contribution is 5.83. The molecule has 1 heterocycles. The van der Waals surface area contributed by atoms with Gasteiger partial charge in [-0.1, -0.05) is 37.6 Å². The number of esters is 1. The minimum Gasteiger partial charge on any atom is -0.467 e. The molecule has 0 radical (unpaired) electrons. The van der Waals surface area contributed by atoms with Crippen LogP contribution in [0.15, 0.2) is 40.7 Å². The van der Waals surface area contributed by atoms with Crippen molar-refractivity contribution in [1.82, 2.24) is 16.1 Å². The number of carbonyl (C=O) groups excluding carboxylic acids is 4. The molecule has 1 unspecified atom stereocenters. The molecule has 1 aliphatic heterocycles. The van der Waals surface area contributed by atoms with Crippen LogP contribution >= 0.6 is 0 Å². The number of nitrogens with one attached hydrogen (secondary N) is 3. The van der Waals surface area contributed by atoms with Crippen LogP contribution in [0, 0.1) is 0 Å². The number of carbonyl (C=O) groups is 4. The lowest BCUT2D eigenvalue weighted by molar-refractivity contribution is -0.143. The highest BCUT2D eigenvalue weighted by Crippen LogP contribution is 2.20. The molecule has 0 saturated carbocycles. The van der Waals surface area contributed by atoms with Gasteiger partial charge in [0.15, 0.2) is 0 Å². The van der Waals surface area contributed by atoms with E-state index in [9.17, 15) is 19.2 Å². The predicted octanol–water partition coefficient (Wildman–Crippen LogP) is 1.94. The van der Waals surface area contributed by atoms with E-state index < -0.39 is 30.2 Å². The van der Waals surface area contributed by atoms with E-state index in [-0.39, 0.29) is 32.0 Å². The summed E-state index contributed by atoms with van der Waals surface area (Å²) in [6.07, 6.45) is 2.00. The Balaban J connectivity index is 1.83. The molecule has 0 aliphatic carbocycles. The quantitative estimate of drug-likeness (QED) is 0.157. The summed E-state index contributed by atoms with van der Waals surface area (Å²) in [4.78, 5) is 56.7. The van der Waals surface area contributed by atoms with Crippen molar-refractivity contribution in [2.24, 2.45) is 10.4 Å². The third kappa shape index (κ3) is 10.1. The van der Waals surface area contributed by atoms with E-state index in [1.165, 1.54) is 14.0 Å². The van der Waals surface area contributed by atoms with Crippen molar-refractivity contribution in [1.29, 1.82) is 0 Å². The van der Waals surface area contributed by atoms with Crippen molar-refractivity contribution in [2.75, 3.05) is 20.3 Å². The third-order valence-corrected chi connectivity index (χ3v) is 4.82. The second-order valence-electron chi connectivity index (χ2n) is 7.72. The lowest BCUT2D eigenvalue weighted by Gasteiger charge is -2.17. The Morgan fingerprint density at radius 1 is 1.19 bits per heavy atom. The normalized spacial score (nSPS) is 15.4. The fourth-order valence-corrected chi connectivity index (χ4v) is 2.93. The molecule has 36 heavy (non-hydrogen) atoms. The van der Waals surface area contributed by atoms with Crippen LogP contribution in [0.25, 0.3) is 5.70 Å². The zero-order valence-electron chi connectivity index (χ0n) is 20.4. The number of ether oxygens (including phenoxy) is 2. The molecule has 1 aliphatic rings. The van der Waals surface area contributed by atoms with Gasteiger partial charge in [-0.3, -0.25) is 15.1 Å². The first-order valence-electron chi connectivity index (χ1n) is 11.4. The summed E-state index contributed by atoms with van der Waals surface area (Å²) < 4.78 is 9.66. The number of methoxy groups -OCH3 is 1. The first-order valence-corrected chi connectivity index (χ1v) is 11.4. The molecule has 196 valence electrons. The average Bonchev–Trinajstić information content (AvgIpc) is 3.32. The van der Waals surface area contributed by atoms with E-state index in [2.05, 4.69) is 36.1 Å². The highest BCUT2D eigenvalue weighted by Gasteiger charge is 2.25. The fraction of sp³-hybridized carbons (Fsp3) is 0.478. The number of amides is 2. The summed E-state index contributed by atoms with van der Waals surface area (Å²) in [5, 5.41) is 12.1. The molecule has 1 aromatic carbocycles. The van der Waals surface area contributed by atoms with Gasteiger partial charge in [0.25, 0.3) is 0 Å². The van der Waals surface area contributed by atoms with Crippen LogP contribution in [0.4, 0.5) is 4.79 Å². The number of nitrogens with zero attached hydrogens (tertiary/aromatic N) is 2. The van der Waals surface area contributed by atoms with Gasteiger partial charge in [0.2, 0.25) is 5.91 Å². The number of hydrogen-bond acceptors (Lipinski definition) is 11. The molecule has 3 N–H and O–H groups in total. The largest absolute Gasteiger partial charge is 0.467 e. The number of rotatable bonds is 13. The van der Waals surface area contributed by atoms with Crippen LogP contribution in [-0.2, 0) is 40.1 Å². The minimum atomic E-state index is -1.09. The molecule has 0 fully saturated rings. The van der Waals surface area contributed by atoms with Gasteiger partial charge >= 0.3 is 18.0 Å². The zero-order chi connectivity index (χ0) is 26.3. The summed E-state index contributed by atoms with van der Waals surface area (Å²) in [5.41, 5.74) is 5.16. The molecule has 13 heteroatoms. The predicted molar refractivity (Wildman–Crippen MR) is 126 cm³/mol. The summed E-state index contributed by atoms with van der Waals surface area (Å²) in [6.45, 7) is 3.50. The van der Waals surface area contributed by atoms with E-state index in [0.717, 1.165) is 17.5 Å². The smallest absolute Gasteiger partial charge is 0.407 e. The average molecular weight is 506 g/mol. The number of benzene rings is 1. The van der Waals surface area contributed by atoms with Crippen molar-refractivity contribution >= 4 is 29.6 Å². The zero-order valence-corrected chi connectivity index (χ0v) is 20.4. The van der Waals surface area contributed by atoms with Crippen LogP contribution < -0.4 is 16.1 Å². The molecular formula is C23H31N5O8. The van der Waals surface area contributed by atoms with Crippen molar-refractivity contribution in [3.63, 3.8) is 0 Å². The molecule has 0 aromatic heterocycles. The molecule has 1 aromatic rings. The first-order chi connectivity index (χ1) is 17.3. The van der Waals surface area contributed by atoms with E-state index in [1.807, 2.05) is 31.2 Å². The van der Waals surface area contributed by atoms with E-state index in [4.69, 9.17) is 9.57 Å². The summed E-state index contributed by atoms with van der Waals surface area (Å²) in [7, 11) is 1.19. The lowest BCUT2D eigenvalue weighted by Crippen LogP contribution is -2.49. The summed E-state index contributed by atoms with van der Waals surface area (Å²) in [6, 6.07) is 6.26. The Hall–Kier alpha value is -4.00. The van der Waals surface area contributed by atoms with Crippen LogP contribution in [0.1, 0.15) is 44.2 Å². The monoisotopic (exact) mass is 505 g/mol. The lowest BCUT2D eigenvalue weighted by atomic mass is 10.1. The summed E-state index contributed by atoms with van der Waals surface area (Å²) in [5.74, 6) is -1.64. The highest BCUT2D eigenvalue weighted by atomic mass is 16.7. The molecular weight excluding hydrogens is 474 g/mol. The van der Waals surface area contributed by atoms with Crippen LogP contribution in [0.3, 0.4) is 0 Å². The van der Waals surface area contributed by atoms with Crippen LogP contribution in [-0.4, -0.2) is 56.3 Å². The van der Waals surface area contributed by atoms with Gasteiger partial charge in [-0.2, -0.15) is 0 Å². The Bertz CT molecular complexity index is 964. The first kappa shape index (κ1) is 28.2. The third-order valence-electron chi connectivity index (χ3n) is 4.82. The maximum absolute atomic E-state index is 12.4. The fourth-order valence-electron chi connectivity index (χ4n) is 2.93. The molecule has 0 bridgehead atoms. The molecule has 0 spiro atoms. The van der Waals surface area contributed by atoms with Gasteiger partial charge in [0.1, 0.15) is 12.1 Å². The molecule has 2 rings (SSSR count). The summed E-state index contributed by atoms with van der Waals surface area (Å²) >= 11 is 0. The molecule has 2 atom stereocenters. The number of hydrogen-bond donors (Lipinski definition) is 3. The Morgan fingerprint density at radius 3 is 2.61 bits per heavy atom. The Labute approximate surface area is 208 Å². The maximum Gasteiger partial charge on any atom is 0.407 e. The van der Waals surface area contributed by atoms with Gasteiger partial charge in [0, 0.05) is 18.7 Å². The van der Waals surface area contributed by atoms with Crippen molar-refractivity contribution in [3.05, 3.63) is 41.5 Å². The van der Waals surface area contributed by atoms with E-state index in [0.29, 0.717) is 12.1 Å². The second-order valence-corrected chi connectivity index (χ2v) is 7.72. The van der Waals surface area contributed by atoms with Crippen molar-refractivity contribution < 1.29 is 38.3 Å². The van der Waals surface area contributed by atoms with Crippen molar-refractivity contribution in [3.8, 4) is 0 Å². The molecule has 0 saturated heterocycles. The van der Waals surface area contributed by atoms with Gasteiger partial charge in [-0.15, -0.1) is 5.11 Å². The van der Waals surface area contributed by atoms with Gasteiger partial charge < -0.3 is 24.9 Å². The number of hydroxylamine groups is 1. The van der Waals surface area contributed by atoms with Crippen LogP contribution in [0.2, 0.25) is 0 Å². The van der Waals surface area contributed by atoms with Crippen molar-refractivity contribution in [2.45, 2.75) is 51.8 Å². The Morgan fingerprint density at radius 2 is 1.94 bits per heavy atom.